The topological polar surface area (TPSA) is 105 Å². The van der Waals surface area contributed by atoms with Gasteiger partial charge < -0.3 is 21.3 Å². The standard InChI is InChI=1S/C11H20N4O3/c1-13-11(18)8-4-2-3-5-15(8)10(17)7-14-9(16)6-12/h8H,2-7,12H2,1H3,(H,13,18)(H,14,16). The molecule has 102 valence electrons. The molecule has 4 N–H and O–H groups in total. The molecule has 7 heteroatoms. The monoisotopic (exact) mass is 256 g/mol. The number of amides is 3. The number of nitrogens with one attached hydrogen (secondary N) is 2. The molecule has 7 nitrogen and oxygen atoms in total. The Kier molecular flexibility index (Phi) is 5.57. The van der Waals surface area contributed by atoms with Gasteiger partial charge in [-0.25, -0.2) is 0 Å². The molecule has 1 rings (SSSR count). The van der Waals surface area contributed by atoms with Crippen molar-refractivity contribution < 1.29 is 14.4 Å². The van der Waals surface area contributed by atoms with Crippen LogP contribution in [0.15, 0.2) is 0 Å². The minimum absolute atomic E-state index is 0.108. The lowest BCUT2D eigenvalue weighted by Gasteiger charge is -2.34. The number of hydrogen-bond donors (Lipinski definition) is 3. The molecule has 1 heterocycles. The van der Waals surface area contributed by atoms with Crippen molar-refractivity contribution in [1.29, 1.82) is 0 Å². The van der Waals surface area contributed by atoms with Crippen LogP contribution in [0, 0.1) is 0 Å². The lowest BCUT2D eigenvalue weighted by atomic mass is 10.0. The van der Waals surface area contributed by atoms with Gasteiger partial charge in [-0.3, -0.25) is 14.4 Å². The number of hydrogen-bond acceptors (Lipinski definition) is 4. The number of carbonyl (C=O) groups is 3. The minimum atomic E-state index is -0.425. The van der Waals surface area contributed by atoms with Crippen LogP contribution in [0.3, 0.4) is 0 Å². The van der Waals surface area contributed by atoms with Crippen LogP contribution in [-0.2, 0) is 14.4 Å². The fourth-order valence-electron chi connectivity index (χ4n) is 2.02. The summed E-state index contributed by atoms with van der Waals surface area (Å²) in [6.45, 7) is 0.297. The van der Waals surface area contributed by atoms with E-state index < -0.39 is 6.04 Å². The number of likely N-dealkylation sites (tertiary alicyclic amines) is 1. The summed E-state index contributed by atoms with van der Waals surface area (Å²) in [4.78, 5) is 36.1. The zero-order valence-electron chi connectivity index (χ0n) is 10.6. The average Bonchev–Trinajstić information content (AvgIpc) is 2.43. The summed E-state index contributed by atoms with van der Waals surface area (Å²) in [6, 6.07) is -0.425. The quantitative estimate of drug-likeness (QED) is 0.551. The van der Waals surface area contributed by atoms with E-state index in [2.05, 4.69) is 10.6 Å². The number of rotatable bonds is 4. The lowest BCUT2D eigenvalue weighted by molar-refractivity contribution is -0.142. The van der Waals surface area contributed by atoms with Gasteiger partial charge in [0, 0.05) is 13.6 Å². The highest BCUT2D eigenvalue weighted by atomic mass is 16.2. The summed E-state index contributed by atoms with van der Waals surface area (Å²) in [5, 5.41) is 4.98. The Morgan fingerprint density at radius 3 is 2.67 bits per heavy atom. The van der Waals surface area contributed by atoms with Crippen LogP contribution in [0.25, 0.3) is 0 Å². The summed E-state index contributed by atoms with van der Waals surface area (Å²) >= 11 is 0. The minimum Gasteiger partial charge on any atom is -0.357 e. The van der Waals surface area contributed by atoms with E-state index in [1.807, 2.05) is 0 Å². The molecule has 0 aromatic rings. The molecule has 0 aliphatic carbocycles. The van der Waals surface area contributed by atoms with Crippen LogP contribution < -0.4 is 16.4 Å². The SMILES string of the molecule is CNC(=O)C1CCCCN1C(=O)CNC(=O)CN. The second-order valence-electron chi connectivity index (χ2n) is 4.19. The van der Waals surface area contributed by atoms with Gasteiger partial charge in [0.1, 0.15) is 6.04 Å². The molecule has 1 atom stereocenters. The maximum atomic E-state index is 11.9. The van der Waals surface area contributed by atoms with Gasteiger partial charge >= 0.3 is 0 Å². The van der Waals surface area contributed by atoms with Gasteiger partial charge in [-0.15, -0.1) is 0 Å². The second kappa shape index (κ2) is 6.95. The van der Waals surface area contributed by atoms with Crippen LogP contribution in [0.1, 0.15) is 19.3 Å². The maximum absolute atomic E-state index is 11.9. The van der Waals surface area contributed by atoms with Gasteiger partial charge in [-0.1, -0.05) is 0 Å². The highest BCUT2D eigenvalue weighted by molar-refractivity contribution is 5.90. The van der Waals surface area contributed by atoms with Crippen molar-refractivity contribution in [3.63, 3.8) is 0 Å². The zero-order valence-corrected chi connectivity index (χ0v) is 10.6. The van der Waals surface area contributed by atoms with Crippen LogP contribution in [0.5, 0.6) is 0 Å². The predicted molar refractivity (Wildman–Crippen MR) is 65.5 cm³/mol. The summed E-state index contributed by atoms with van der Waals surface area (Å²) < 4.78 is 0. The van der Waals surface area contributed by atoms with E-state index in [9.17, 15) is 14.4 Å². The molecule has 3 amide bonds. The molecule has 1 aliphatic rings. The van der Waals surface area contributed by atoms with Crippen molar-refractivity contribution in [1.82, 2.24) is 15.5 Å². The van der Waals surface area contributed by atoms with Crippen molar-refractivity contribution in [3.05, 3.63) is 0 Å². The Labute approximate surface area is 106 Å². The highest BCUT2D eigenvalue weighted by Crippen LogP contribution is 2.17. The van der Waals surface area contributed by atoms with Crippen molar-refractivity contribution >= 4 is 17.7 Å². The fraction of sp³-hybridized carbons (Fsp3) is 0.727. The third-order valence-electron chi connectivity index (χ3n) is 2.99. The van der Waals surface area contributed by atoms with Gasteiger partial charge in [0.15, 0.2) is 0 Å². The number of likely N-dealkylation sites (N-methyl/N-ethyl adjacent to an activating group) is 1. The predicted octanol–water partition coefficient (Wildman–Crippen LogP) is -1.81. The van der Waals surface area contributed by atoms with E-state index in [0.717, 1.165) is 12.8 Å². The molecule has 0 aromatic heterocycles. The summed E-state index contributed by atoms with van der Waals surface area (Å²) in [6.07, 6.45) is 2.47. The van der Waals surface area contributed by atoms with Gasteiger partial charge in [0.25, 0.3) is 0 Å². The maximum Gasteiger partial charge on any atom is 0.242 e. The van der Waals surface area contributed by atoms with Crippen molar-refractivity contribution in [2.24, 2.45) is 5.73 Å². The second-order valence-corrected chi connectivity index (χ2v) is 4.19. The van der Waals surface area contributed by atoms with Crippen LogP contribution in [0.2, 0.25) is 0 Å². The van der Waals surface area contributed by atoms with E-state index in [4.69, 9.17) is 5.73 Å². The smallest absolute Gasteiger partial charge is 0.242 e. The molecule has 0 spiro atoms. The van der Waals surface area contributed by atoms with E-state index >= 15 is 0 Å². The van der Waals surface area contributed by atoms with Gasteiger partial charge in [0.05, 0.1) is 13.1 Å². The molecule has 1 aliphatic heterocycles. The highest BCUT2D eigenvalue weighted by Gasteiger charge is 2.31. The van der Waals surface area contributed by atoms with Crippen molar-refractivity contribution in [2.75, 3.05) is 26.7 Å². The Morgan fingerprint density at radius 2 is 2.06 bits per heavy atom. The van der Waals surface area contributed by atoms with E-state index in [1.54, 1.807) is 7.05 Å². The van der Waals surface area contributed by atoms with Crippen molar-refractivity contribution in [3.8, 4) is 0 Å². The first-order valence-corrected chi connectivity index (χ1v) is 6.08. The molecule has 1 fully saturated rings. The average molecular weight is 256 g/mol. The normalized spacial score (nSPS) is 19.2. The Bertz CT molecular complexity index is 332. The van der Waals surface area contributed by atoms with E-state index in [0.29, 0.717) is 13.0 Å². The van der Waals surface area contributed by atoms with E-state index in [1.165, 1.54) is 4.90 Å². The van der Waals surface area contributed by atoms with E-state index in [-0.39, 0.29) is 30.8 Å². The molecule has 0 aromatic carbocycles. The molecule has 0 bridgehead atoms. The summed E-state index contributed by atoms with van der Waals surface area (Å²) in [5.74, 6) is -0.782. The Balaban J connectivity index is 2.57. The molecular weight excluding hydrogens is 236 g/mol. The molecule has 0 saturated carbocycles. The fourth-order valence-corrected chi connectivity index (χ4v) is 2.02. The third kappa shape index (κ3) is 3.69. The number of nitrogens with zero attached hydrogens (tertiary/aromatic N) is 1. The third-order valence-corrected chi connectivity index (χ3v) is 2.99. The van der Waals surface area contributed by atoms with Gasteiger partial charge in [-0.05, 0) is 19.3 Å². The van der Waals surface area contributed by atoms with Gasteiger partial charge in [-0.2, -0.15) is 0 Å². The first-order valence-electron chi connectivity index (χ1n) is 6.08. The number of nitrogens with two attached hydrogens (primary N) is 1. The van der Waals surface area contributed by atoms with Crippen LogP contribution in [-0.4, -0.2) is 55.3 Å². The molecule has 18 heavy (non-hydrogen) atoms. The summed E-state index contributed by atoms with van der Waals surface area (Å²) in [7, 11) is 1.55. The Morgan fingerprint density at radius 1 is 1.33 bits per heavy atom. The largest absolute Gasteiger partial charge is 0.357 e. The molecular formula is C11H20N4O3. The number of carbonyl (C=O) groups excluding carboxylic acids is 3. The Hall–Kier alpha value is -1.63. The zero-order chi connectivity index (χ0) is 13.5. The number of piperidine rings is 1. The molecule has 1 saturated heterocycles. The summed E-state index contributed by atoms with van der Waals surface area (Å²) in [5.41, 5.74) is 5.13. The van der Waals surface area contributed by atoms with Crippen LogP contribution in [0.4, 0.5) is 0 Å². The van der Waals surface area contributed by atoms with Crippen molar-refractivity contribution in [2.45, 2.75) is 25.3 Å². The molecule has 0 radical (unpaired) electrons. The van der Waals surface area contributed by atoms with Gasteiger partial charge in [0.2, 0.25) is 17.7 Å². The molecule has 1 unspecified atom stereocenters. The lowest BCUT2D eigenvalue weighted by Crippen LogP contribution is -2.53. The first-order chi connectivity index (χ1) is 8.60. The van der Waals surface area contributed by atoms with Crippen LogP contribution >= 0.6 is 0 Å². The first kappa shape index (κ1) is 14.4.